The third kappa shape index (κ3) is 2.23. The van der Waals surface area contributed by atoms with Crippen LogP contribution in [0.1, 0.15) is 38.9 Å². The number of benzene rings is 1. The highest BCUT2D eigenvalue weighted by atomic mass is 16.3. The van der Waals surface area contributed by atoms with E-state index in [-0.39, 0.29) is 11.9 Å². The van der Waals surface area contributed by atoms with Gasteiger partial charge in [0.2, 0.25) is 0 Å². The summed E-state index contributed by atoms with van der Waals surface area (Å²) in [6, 6.07) is 10.6. The molecule has 0 unspecified atom stereocenters. The maximum atomic E-state index is 12.9. The first-order valence-corrected chi connectivity index (χ1v) is 7.40. The number of pyridine rings is 1. The van der Waals surface area contributed by atoms with Crippen molar-refractivity contribution in [2.45, 2.75) is 12.6 Å². The van der Waals surface area contributed by atoms with Crippen LogP contribution in [0, 0.1) is 11.3 Å². The van der Waals surface area contributed by atoms with Gasteiger partial charge < -0.3 is 9.32 Å². The summed E-state index contributed by atoms with van der Waals surface area (Å²) in [5.74, 6) is 0.481. The molecule has 1 aliphatic heterocycles. The highest BCUT2D eigenvalue weighted by Gasteiger charge is 2.37. The number of aromatic nitrogens is 2. The Morgan fingerprint density at radius 2 is 2.08 bits per heavy atom. The first kappa shape index (κ1) is 14.2. The molecule has 3 heterocycles. The molecule has 0 saturated heterocycles. The molecule has 4 rings (SSSR count). The second kappa shape index (κ2) is 5.63. The lowest BCUT2D eigenvalue weighted by Crippen LogP contribution is -2.30. The lowest BCUT2D eigenvalue weighted by molar-refractivity contribution is 0.0703. The lowest BCUT2D eigenvalue weighted by Gasteiger charge is -2.23. The van der Waals surface area contributed by atoms with Crippen LogP contribution in [0.5, 0.6) is 0 Å². The smallest absolute Gasteiger partial charge is 0.255 e. The summed E-state index contributed by atoms with van der Waals surface area (Å²) >= 11 is 0. The van der Waals surface area contributed by atoms with Crippen molar-refractivity contribution in [3.8, 4) is 6.07 Å². The molecule has 6 nitrogen and oxygen atoms in total. The summed E-state index contributed by atoms with van der Waals surface area (Å²) in [7, 11) is 0. The molecule has 1 aliphatic rings. The van der Waals surface area contributed by atoms with Gasteiger partial charge in [0.15, 0.2) is 12.2 Å². The molecule has 3 aromatic rings. The van der Waals surface area contributed by atoms with Gasteiger partial charge in [0.25, 0.3) is 5.91 Å². The summed E-state index contributed by atoms with van der Waals surface area (Å²) in [5.41, 5.74) is 3.03. The third-order valence-electron chi connectivity index (χ3n) is 4.13. The van der Waals surface area contributed by atoms with E-state index in [1.807, 2.05) is 12.1 Å². The molecular weight excluding hydrogens is 304 g/mol. The summed E-state index contributed by atoms with van der Waals surface area (Å²) in [6.45, 7) is 0.414. The minimum atomic E-state index is -0.351. The van der Waals surface area contributed by atoms with Crippen molar-refractivity contribution < 1.29 is 9.21 Å². The van der Waals surface area contributed by atoms with E-state index in [1.165, 1.54) is 6.39 Å². The Kier molecular flexibility index (Phi) is 3.32. The van der Waals surface area contributed by atoms with Crippen LogP contribution in [-0.2, 0) is 6.54 Å². The van der Waals surface area contributed by atoms with Crippen molar-refractivity contribution in [3.05, 3.63) is 83.3 Å². The predicted molar refractivity (Wildman–Crippen MR) is 83.6 cm³/mol. The van der Waals surface area contributed by atoms with Gasteiger partial charge in [-0.15, -0.1) is 0 Å². The molecule has 0 saturated carbocycles. The summed E-state index contributed by atoms with van der Waals surface area (Å²) in [4.78, 5) is 22.6. The van der Waals surface area contributed by atoms with Crippen molar-refractivity contribution in [2.24, 2.45) is 0 Å². The van der Waals surface area contributed by atoms with Gasteiger partial charge in [-0.1, -0.05) is 6.07 Å². The van der Waals surface area contributed by atoms with E-state index >= 15 is 0 Å². The van der Waals surface area contributed by atoms with Gasteiger partial charge in [-0.3, -0.25) is 9.78 Å². The molecule has 116 valence electrons. The summed E-state index contributed by atoms with van der Waals surface area (Å²) < 4.78 is 5.46. The standard InChI is InChI=1S/C18H12N4O2/c19-8-12-1-2-15-14(7-12)10-22(17(15)16-9-21-11-24-16)18(23)13-3-5-20-6-4-13/h1-7,9,11,17H,10H2/t17-/m1/s1. The molecule has 1 atom stereocenters. The van der Waals surface area contributed by atoms with Crippen molar-refractivity contribution in [3.63, 3.8) is 0 Å². The zero-order valence-corrected chi connectivity index (χ0v) is 12.6. The molecule has 1 aromatic carbocycles. The largest absolute Gasteiger partial charge is 0.446 e. The molecule has 0 bridgehead atoms. The Bertz CT molecular complexity index is 929. The van der Waals surface area contributed by atoms with Crippen molar-refractivity contribution in [1.29, 1.82) is 5.26 Å². The Hall–Kier alpha value is -3.46. The van der Waals surface area contributed by atoms with Gasteiger partial charge in [0.1, 0.15) is 6.04 Å². The zero-order valence-electron chi connectivity index (χ0n) is 12.6. The molecule has 0 radical (unpaired) electrons. The van der Waals surface area contributed by atoms with Crippen LogP contribution in [0.3, 0.4) is 0 Å². The van der Waals surface area contributed by atoms with Crippen molar-refractivity contribution >= 4 is 5.91 Å². The van der Waals surface area contributed by atoms with Gasteiger partial charge in [-0.05, 0) is 35.4 Å². The Balaban J connectivity index is 1.80. The number of hydrogen-bond acceptors (Lipinski definition) is 5. The molecule has 2 aromatic heterocycles. The maximum absolute atomic E-state index is 12.9. The second-order valence-corrected chi connectivity index (χ2v) is 5.50. The summed E-state index contributed by atoms with van der Waals surface area (Å²) in [6.07, 6.45) is 6.15. The Morgan fingerprint density at radius 3 is 2.79 bits per heavy atom. The number of carbonyl (C=O) groups is 1. The number of rotatable bonds is 2. The normalized spacial score (nSPS) is 15.8. The van der Waals surface area contributed by atoms with Crippen LogP contribution < -0.4 is 0 Å². The monoisotopic (exact) mass is 316 g/mol. The maximum Gasteiger partial charge on any atom is 0.255 e. The predicted octanol–water partition coefficient (Wildman–Crippen LogP) is 2.69. The number of nitrogens with zero attached hydrogens (tertiary/aromatic N) is 4. The molecule has 1 amide bonds. The second-order valence-electron chi connectivity index (χ2n) is 5.50. The fourth-order valence-corrected chi connectivity index (χ4v) is 3.04. The van der Waals surface area contributed by atoms with Crippen LogP contribution in [0.2, 0.25) is 0 Å². The van der Waals surface area contributed by atoms with Crippen LogP contribution in [0.25, 0.3) is 0 Å². The minimum absolute atomic E-state index is 0.117. The van der Waals surface area contributed by atoms with Gasteiger partial charge in [0, 0.05) is 24.5 Å². The van der Waals surface area contributed by atoms with E-state index in [4.69, 9.17) is 9.68 Å². The first-order chi connectivity index (χ1) is 11.8. The number of fused-ring (bicyclic) bond motifs is 1. The fourth-order valence-electron chi connectivity index (χ4n) is 3.04. The van der Waals surface area contributed by atoms with E-state index in [0.29, 0.717) is 23.4 Å². The Labute approximate surface area is 138 Å². The van der Waals surface area contributed by atoms with E-state index in [9.17, 15) is 4.79 Å². The molecular formula is C18H12N4O2. The molecule has 0 spiro atoms. The van der Waals surface area contributed by atoms with E-state index < -0.39 is 0 Å². The van der Waals surface area contributed by atoms with Gasteiger partial charge in [0.05, 0.1) is 17.8 Å². The first-order valence-electron chi connectivity index (χ1n) is 7.40. The average Bonchev–Trinajstić information content (AvgIpc) is 3.28. The number of amides is 1. The van der Waals surface area contributed by atoms with Crippen LogP contribution in [0.4, 0.5) is 0 Å². The number of hydrogen-bond donors (Lipinski definition) is 0. The molecule has 0 N–H and O–H groups in total. The van der Waals surface area contributed by atoms with Crippen molar-refractivity contribution in [2.75, 3.05) is 0 Å². The minimum Gasteiger partial charge on any atom is -0.446 e. The topological polar surface area (TPSA) is 83.0 Å². The van der Waals surface area contributed by atoms with Crippen LogP contribution >= 0.6 is 0 Å². The molecule has 6 heteroatoms. The number of oxazole rings is 1. The summed E-state index contributed by atoms with van der Waals surface area (Å²) in [5, 5.41) is 9.11. The molecule has 0 fully saturated rings. The quantitative estimate of drug-likeness (QED) is 0.726. The van der Waals surface area contributed by atoms with Crippen LogP contribution in [0.15, 0.2) is 59.7 Å². The van der Waals surface area contributed by atoms with E-state index in [2.05, 4.69) is 16.0 Å². The number of carbonyl (C=O) groups excluding carboxylic acids is 1. The Morgan fingerprint density at radius 1 is 1.25 bits per heavy atom. The van der Waals surface area contributed by atoms with Crippen LogP contribution in [-0.4, -0.2) is 20.8 Å². The third-order valence-corrected chi connectivity index (χ3v) is 4.13. The van der Waals surface area contributed by atoms with E-state index in [0.717, 1.165) is 11.1 Å². The van der Waals surface area contributed by atoms with Gasteiger partial charge >= 0.3 is 0 Å². The average molecular weight is 316 g/mol. The van der Waals surface area contributed by atoms with Gasteiger partial charge in [-0.2, -0.15) is 5.26 Å². The highest BCUT2D eigenvalue weighted by Crippen LogP contribution is 2.39. The highest BCUT2D eigenvalue weighted by molar-refractivity contribution is 5.95. The molecule has 24 heavy (non-hydrogen) atoms. The lowest BCUT2D eigenvalue weighted by atomic mass is 10.0. The zero-order chi connectivity index (χ0) is 16.5. The van der Waals surface area contributed by atoms with E-state index in [1.54, 1.807) is 41.7 Å². The molecule has 0 aliphatic carbocycles. The number of nitriles is 1. The van der Waals surface area contributed by atoms with Gasteiger partial charge in [-0.25, -0.2) is 4.98 Å². The SMILES string of the molecule is N#Cc1ccc2c(c1)CN(C(=O)c1ccncc1)[C@H]2c1cnco1. The fraction of sp³-hybridized carbons (Fsp3) is 0.111. The van der Waals surface area contributed by atoms with Crippen molar-refractivity contribution in [1.82, 2.24) is 14.9 Å².